The van der Waals surface area contributed by atoms with E-state index in [4.69, 9.17) is 23.2 Å². The van der Waals surface area contributed by atoms with E-state index in [-0.39, 0.29) is 0 Å². The van der Waals surface area contributed by atoms with Gasteiger partial charge in [0.05, 0.1) is 0 Å². The monoisotopic (exact) mass is 410 g/mol. The van der Waals surface area contributed by atoms with Crippen molar-refractivity contribution in [2.24, 2.45) is 7.05 Å². The number of nitrogens with zero attached hydrogens (tertiary/aromatic N) is 3. The average molecular weight is 411 g/mol. The molecule has 0 aliphatic carbocycles. The fourth-order valence-corrected chi connectivity index (χ4v) is 3.83. The standard InChI is InChI=1S/C17H16Cl2N4O2S/c1-10(18)7-8-23-13-14(22(2)16(25)21-15(13)24)20-17(23)26-9-11-5-3-4-6-12(11)19/h3-7H,8-9H2,1-2H3,(H,21,24,25). The van der Waals surface area contributed by atoms with Crippen LogP contribution in [-0.2, 0) is 19.3 Å². The first-order valence-electron chi connectivity index (χ1n) is 7.76. The van der Waals surface area contributed by atoms with Crippen molar-refractivity contribution in [1.82, 2.24) is 19.1 Å². The van der Waals surface area contributed by atoms with Crippen molar-refractivity contribution in [2.45, 2.75) is 24.4 Å². The van der Waals surface area contributed by atoms with Crippen LogP contribution in [0, 0.1) is 0 Å². The molecule has 3 aromatic rings. The summed E-state index contributed by atoms with van der Waals surface area (Å²) in [7, 11) is 1.57. The van der Waals surface area contributed by atoms with E-state index >= 15 is 0 Å². The Bertz CT molecular complexity index is 1110. The average Bonchev–Trinajstić information content (AvgIpc) is 2.96. The van der Waals surface area contributed by atoms with Gasteiger partial charge in [-0.2, -0.15) is 0 Å². The maximum Gasteiger partial charge on any atom is 0.329 e. The zero-order chi connectivity index (χ0) is 18.8. The van der Waals surface area contributed by atoms with Gasteiger partial charge in [0.15, 0.2) is 16.3 Å². The molecule has 26 heavy (non-hydrogen) atoms. The number of halogens is 2. The number of H-pyrrole nitrogens is 1. The maximum atomic E-state index is 12.3. The number of thioether (sulfide) groups is 1. The molecule has 0 bridgehead atoms. The summed E-state index contributed by atoms with van der Waals surface area (Å²) in [6.07, 6.45) is 1.78. The Morgan fingerprint density at radius 3 is 2.77 bits per heavy atom. The topological polar surface area (TPSA) is 72.7 Å². The van der Waals surface area contributed by atoms with E-state index in [1.165, 1.54) is 16.3 Å². The molecule has 0 aliphatic rings. The molecule has 0 spiro atoms. The second kappa shape index (κ2) is 7.73. The molecule has 9 heteroatoms. The van der Waals surface area contributed by atoms with Gasteiger partial charge in [0.1, 0.15) is 0 Å². The van der Waals surface area contributed by atoms with E-state index in [0.717, 1.165) is 5.56 Å². The number of imidazole rings is 1. The number of aromatic nitrogens is 4. The zero-order valence-corrected chi connectivity index (χ0v) is 16.5. The molecule has 0 saturated heterocycles. The number of rotatable bonds is 5. The van der Waals surface area contributed by atoms with E-state index in [1.54, 1.807) is 24.6 Å². The molecule has 0 radical (unpaired) electrons. The molecule has 136 valence electrons. The molecule has 2 aromatic heterocycles. The lowest BCUT2D eigenvalue weighted by Crippen LogP contribution is -2.29. The van der Waals surface area contributed by atoms with Crippen LogP contribution in [0.3, 0.4) is 0 Å². The van der Waals surface area contributed by atoms with E-state index in [9.17, 15) is 9.59 Å². The molecule has 1 N–H and O–H groups in total. The number of aryl methyl sites for hydroxylation is 1. The van der Waals surface area contributed by atoms with Crippen molar-refractivity contribution in [2.75, 3.05) is 0 Å². The van der Waals surface area contributed by atoms with Crippen molar-refractivity contribution in [3.63, 3.8) is 0 Å². The Hall–Kier alpha value is -1.96. The van der Waals surface area contributed by atoms with Crippen LogP contribution in [0.5, 0.6) is 0 Å². The summed E-state index contributed by atoms with van der Waals surface area (Å²) < 4.78 is 3.07. The largest absolute Gasteiger partial charge is 0.329 e. The van der Waals surface area contributed by atoms with Crippen LogP contribution in [0.4, 0.5) is 0 Å². The molecule has 0 amide bonds. The first-order chi connectivity index (χ1) is 12.4. The highest BCUT2D eigenvalue weighted by atomic mass is 35.5. The van der Waals surface area contributed by atoms with Gasteiger partial charge >= 0.3 is 5.69 Å². The maximum absolute atomic E-state index is 12.3. The minimum atomic E-state index is -0.501. The predicted octanol–water partition coefficient (Wildman–Crippen LogP) is 3.51. The first-order valence-corrected chi connectivity index (χ1v) is 9.50. The Balaban J connectivity index is 2.09. The van der Waals surface area contributed by atoms with Crippen molar-refractivity contribution < 1.29 is 0 Å². The third kappa shape index (κ3) is 3.75. The third-order valence-electron chi connectivity index (χ3n) is 3.84. The smallest absolute Gasteiger partial charge is 0.309 e. The van der Waals surface area contributed by atoms with Crippen LogP contribution in [0.1, 0.15) is 12.5 Å². The molecule has 0 saturated carbocycles. The van der Waals surface area contributed by atoms with E-state index in [2.05, 4.69) is 9.97 Å². The second-order valence-corrected chi connectivity index (χ2v) is 7.61. The lowest BCUT2D eigenvalue weighted by molar-refractivity contribution is 0.742. The number of allylic oxidation sites excluding steroid dienone is 2. The van der Waals surface area contributed by atoms with Crippen LogP contribution in [0.15, 0.2) is 50.1 Å². The van der Waals surface area contributed by atoms with Crippen LogP contribution in [0.25, 0.3) is 11.2 Å². The molecular weight excluding hydrogens is 395 g/mol. The van der Waals surface area contributed by atoms with Gasteiger partial charge in [-0.05, 0) is 18.6 Å². The molecule has 0 fully saturated rings. The predicted molar refractivity (Wildman–Crippen MR) is 106 cm³/mol. The highest BCUT2D eigenvalue weighted by molar-refractivity contribution is 7.98. The molecule has 1 aromatic carbocycles. The minimum absolute atomic E-state index is 0.334. The Labute approximate surface area is 163 Å². The summed E-state index contributed by atoms with van der Waals surface area (Å²) in [6.45, 7) is 2.13. The number of fused-ring (bicyclic) bond motifs is 1. The number of aromatic amines is 1. The molecule has 2 heterocycles. The normalized spacial score (nSPS) is 12.1. The van der Waals surface area contributed by atoms with E-state index < -0.39 is 11.2 Å². The minimum Gasteiger partial charge on any atom is -0.309 e. The van der Waals surface area contributed by atoms with E-state index in [0.29, 0.717) is 38.7 Å². The lowest BCUT2D eigenvalue weighted by atomic mass is 10.2. The molecule has 6 nitrogen and oxygen atoms in total. The lowest BCUT2D eigenvalue weighted by Gasteiger charge is -2.07. The number of benzene rings is 1. The van der Waals surface area contributed by atoms with Crippen molar-refractivity contribution in [3.8, 4) is 0 Å². The zero-order valence-electron chi connectivity index (χ0n) is 14.1. The van der Waals surface area contributed by atoms with Gasteiger partial charge in [-0.15, -0.1) is 0 Å². The number of nitrogens with one attached hydrogen (secondary N) is 1. The van der Waals surface area contributed by atoms with Gasteiger partial charge in [0.2, 0.25) is 0 Å². The number of hydrogen-bond donors (Lipinski definition) is 1. The van der Waals surface area contributed by atoms with Gasteiger partial charge in [0.25, 0.3) is 5.56 Å². The Morgan fingerprint density at radius 1 is 1.35 bits per heavy atom. The van der Waals surface area contributed by atoms with Crippen LogP contribution in [-0.4, -0.2) is 19.1 Å². The first kappa shape index (κ1) is 18.8. The molecule has 0 aliphatic heterocycles. The summed E-state index contributed by atoms with van der Waals surface area (Å²) in [5.74, 6) is 0.582. The van der Waals surface area contributed by atoms with Gasteiger partial charge in [0, 0.05) is 29.4 Å². The van der Waals surface area contributed by atoms with Crippen LogP contribution >= 0.6 is 35.0 Å². The summed E-state index contributed by atoms with van der Waals surface area (Å²) in [4.78, 5) is 31.0. The second-order valence-electron chi connectivity index (χ2n) is 5.67. The fourth-order valence-electron chi connectivity index (χ4n) is 2.47. The SMILES string of the molecule is CC(Cl)=CCn1c(SCc2ccccc2Cl)nc2c1c(=O)[nH]c(=O)n2C. The molecule has 3 rings (SSSR count). The molecular formula is C17H16Cl2N4O2S. The Morgan fingerprint density at radius 2 is 2.08 bits per heavy atom. The Kier molecular flexibility index (Phi) is 5.60. The number of hydrogen-bond acceptors (Lipinski definition) is 4. The van der Waals surface area contributed by atoms with Gasteiger partial charge in [-0.25, -0.2) is 9.78 Å². The molecule has 0 atom stereocenters. The van der Waals surface area contributed by atoms with Gasteiger partial charge < -0.3 is 4.57 Å². The van der Waals surface area contributed by atoms with Gasteiger partial charge in [-0.1, -0.05) is 59.2 Å². The van der Waals surface area contributed by atoms with Crippen LogP contribution in [0.2, 0.25) is 5.02 Å². The van der Waals surface area contributed by atoms with Gasteiger partial charge in [-0.3, -0.25) is 14.3 Å². The summed E-state index contributed by atoms with van der Waals surface area (Å²) in [5, 5.41) is 1.89. The summed E-state index contributed by atoms with van der Waals surface area (Å²) in [6, 6.07) is 7.55. The van der Waals surface area contributed by atoms with Crippen molar-refractivity contribution in [1.29, 1.82) is 0 Å². The van der Waals surface area contributed by atoms with Crippen LogP contribution < -0.4 is 11.2 Å². The quantitative estimate of drug-likeness (QED) is 0.653. The van der Waals surface area contributed by atoms with Crippen molar-refractivity contribution >= 4 is 46.1 Å². The summed E-state index contributed by atoms with van der Waals surface area (Å²) in [5.41, 5.74) is 0.660. The third-order valence-corrected chi connectivity index (χ3v) is 5.39. The van der Waals surface area contributed by atoms with E-state index in [1.807, 2.05) is 24.3 Å². The fraction of sp³-hybridized carbons (Fsp3) is 0.235. The van der Waals surface area contributed by atoms with Crippen molar-refractivity contribution in [3.05, 3.63) is 66.8 Å². The highest BCUT2D eigenvalue weighted by Gasteiger charge is 2.17. The summed E-state index contributed by atoms with van der Waals surface area (Å²) >= 11 is 13.6. The highest BCUT2D eigenvalue weighted by Crippen LogP contribution is 2.28. The molecule has 0 unspecified atom stereocenters.